The number of aryl methyl sites for hydroxylation is 1. The minimum Gasteiger partial charge on any atom is -0.481 e. The maximum atomic E-state index is 12.8. The molecular weight excluding hydrogens is 390 g/mol. The van der Waals surface area contributed by atoms with Gasteiger partial charge in [-0.2, -0.15) is 0 Å². The summed E-state index contributed by atoms with van der Waals surface area (Å²) >= 11 is 0.892. The normalized spacial score (nSPS) is 15.1. The average molecular weight is 411 g/mol. The van der Waals surface area contributed by atoms with Crippen LogP contribution in [0, 0.1) is 6.92 Å². The first-order valence-electron chi connectivity index (χ1n) is 9.16. The molecule has 1 aliphatic heterocycles. The third-order valence-corrected chi connectivity index (χ3v) is 5.10. The molecule has 1 saturated heterocycles. The Morgan fingerprint density at radius 3 is 2.55 bits per heavy atom. The van der Waals surface area contributed by atoms with Crippen LogP contribution in [0.25, 0.3) is 6.08 Å². The van der Waals surface area contributed by atoms with Gasteiger partial charge in [-0.3, -0.25) is 14.5 Å². The van der Waals surface area contributed by atoms with Crippen molar-refractivity contribution in [2.24, 2.45) is 0 Å². The summed E-state index contributed by atoms with van der Waals surface area (Å²) in [5.74, 6) is -0.382. The summed E-state index contributed by atoms with van der Waals surface area (Å²) in [6.45, 7) is 3.97. The minimum atomic E-state index is -0.472. The van der Waals surface area contributed by atoms with Crippen molar-refractivity contribution in [3.63, 3.8) is 0 Å². The van der Waals surface area contributed by atoms with Crippen molar-refractivity contribution in [2.75, 3.05) is 13.2 Å². The second-order valence-corrected chi connectivity index (χ2v) is 7.38. The average Bonchev–Trinajstić information content (AvgIpc) is 2.96. The Morgan fingerprint density at radius 1 is 1.10 bits per heavy atom. The van der Waals surface area contributed by atoms with Crippen molar-refractivity contribution < 1.29 is 23.9 Å². The molecular formula is C22H21NO5S. The first-order chi connectivity index (χ1) is 14.0. The van der Waals surface area contributed by atoms with Gasteiger partial charge in [-0.1, -0.05) is 48.0 Å². The number of ether oxygens (including phenoxy) is 2. The van der Waals surface area contributed by atoms with E-state index in [-0.39, 0.29) is 30.9 Å². The van der Waals surface area contributed by atoms with E-state index in [2.05, 4.69) is 0 Å². The molecule has 1 heterocycles. The molecule has 2 aromatic rings. The van der Waals surface area contributed by atoms with Gasteiger partial charge >= 0.3 is 5.97 Å². The number of para-hydroxylation sites is 1. The molecule has 0 radical (unpaired) electrons. The zero-order valence-corrected chi connectivity index (χ0v) is 17.0. The number of carbonyl (C=O) groups is 3. The predicted molar refractivity (Wildman–Crippen MR) is 111 cm³/mol. The summed E-state index contributed by atoms with van der Waals surface area (Å²) in [7, 11) is 0. The van der Waals surface area contributed by atoms with E-state index < -0.39 is 5.97 Å². The van der Waals surface area contributed by atoms with E-state index in [0.717, 1.165) is 22.9 Å². The number of hydrogen-bond acceptors (Lipinski definition) is 6. The molecule has 0 N–H and O–H groups in total. The summed E-state index contributed by atoms with van der Waals surface area (Å²) in [6, 6.07) is 14.7. The second kappa shape index (κ2) is 9.43. The largest absolute Gasteiger partial charge is 0.481 e. The van der Waals surface area contributed by atoms with Crippen LogP contribution in [0.2, 0.25) is 0 Å². The van der Waals surface area contributed by atoms with Crippen LogP contribution in [0.4, 0.5) is 4.79 Å². The van der Waals surface area contributed by atoms with E-state index in [1.165, 1.54) is 4.90 Å². The van der Waals surface area contributed by atoms with Crippen molar-refractivity contribution in [2.45, 2.75) is 20.4 Å². The van der Waals surface area contributed by atoms with Gasteiger partial charge in [0.15, 0.2) is 6.61 Å². The molecule has 6 nitrogen and oxygen atoms in total. The highest BCUT2D eigenvalue weighted by atomic mass is 32.2. The van der Waals surface area contributed by atoms with Gasteiger partial charge in [-0.25, -0.2) is 4.79 Å². The smallest absolute Gasteiger partial charge is 0.344 e. The Kier molecular flexibility index (Phi) is 6.72. The van der Waals surface area contributed by atoms with E-state index in [4.69, 9.17) is 9.47 Å². The first-order valence-corrected chi connectivity index (χ1v) is 9.98. The SMILES string of the molecule is CCOC(=O)COc1ccccc1/C=C1\SC(=O)N(Cc2ccc(C)cc2)C1=O. The van der Waals surface area contributed by atoms with E-state index in [0.29, 0.717) is 16.2 Å². The molecule has 3 rings (SSSR count). The van der Waals surface area contributed by atoms with Gasteiger partial charge < -0.3 is 9.47 Å². The molecule has 7 heteroatoms. The molecule has 0 saturated carbocycles. The van der Waals surface area contributed by atoms with Crippen molar-refractivity contribution in [3.8, 4) is 5.75 Å². The molecule has 0 aliphatic carbocycles. The fourth-order valence-electron chi connectivity index (χ4n) is 2.72. The van der Waals surface area contributed by atoms with Crippen LogP contribution in [0.1, 0.15) is 23.6 Å². The topological polar surface area (TPSA) is 72.9 Å². The Labute approximate surface area is 173 Å². The highest BCUT2D eigenvalue weighted by molar-refractivity contribution is 8.18. The highest BCUT2D eigenvalue weighted by Gasteiger charge is 2.35. The Morgan fingerprint density at radius 2 is 1.83 bits per heavy atom. The molecule has 0 unspecified atom stereocenters. The van der Waals surface area contributed by atoms with Crippen molar-refractivity contribution in [1.82, 2.24) is 4.90 Å². The quantitative estimate of drug-likeness (QED) is 0.503. The second-order valence-electron chi connectivity index (χ2n) is 6.38. The van der Waals surface area contributed by atoms with Crippen molar-refractivity contribution >= 4 is 35.0 Å². The van der Waals surface area contributed by atoms with Gasteiger partial charge in [0.1, 0.15) is 5.75 Å². The lowest BCUT2D eigenvalue weighted by molar-refractivity contribution is -0.145. The standard InChI is InChI=1S/C22H21NO5S/c1-3-27-20(24)14-28-18-7-5-4-6-17(18)12-19-21(25)23(22(26)29-19)13-16-10-8-15(2)9-11-16/h4-12H,3,13-14H2,1-2H3/b19-12-. The molecule has 29 heavy (non-hydrogen) atoms. The fraction of sp³-hybridized carbons (Fsp3) is 0.227. The number of nitrogens with zero attached hydrogens (tertiary/aromatic N) is 1. The Hall–Kier alpha value is -3.06. The number of esters is 1. The summed E-state index contributed by atoms with van der Waals surface area (Å²) in [5, 5.41) is -0.313. The predicted octanol–water partition coefficient (Wildman–Crippen LogP) is 4.17. The van der Waals surface area contributed by atoms with Gasteiger partial charge in [0.05, 0.1) is 18.1 Å². The molecule has 1 aliphatic rings. The molecule has 2 amide bonds. The summed E-state index contributed by atoms with van der Waals surface area (Å²) < 4.78 is 10.4. The van der Waals surface area contributed by atoms with Crippen molar-refractivity contribution in [1.29, 1.82) is 0 Å². The maximum Gasteiger partial charge on any atom is 0.344 e. The lowest BCUT2D eigenvalue weighted by atomic mass is 10.1. The highest BCUT2D eigenvalue weighted by Crippen LogP contribution is 2.34. The van der Waals surface area contributed by atoms with E-state index in [9.17, 15) is 14.4 Å². The molecule has 150 valence electrons. The third-order valence-electron chi connectivity index (χ3n) is 4.19. The molecule has 0 bridgehead atoms. The van der Waals surface area contributed by atoms with Crippen LogP contribution >= 0.6 is 11.8 Å². The van der Waals surface area contributed by atoms with Crippen LogP contribution in [0.5, 0.6) is 5.75 Å². The molecule has 0 aromatic heterocycles. The zero-order valence-electron chi connectivity index (χ0n) is 16.2. The number of benzene rings is 2. The van der Waals surface area contributed by atoms with Crippen LogP contribution in [-0.2, 0) is 20.9 Å². The first kappa shape index (κ1) is 20.7. The maximum absolute atomic E-state index is 12.8. The van der Waals surface area contributed by atoms with Gasteiger partial charge in [0, 0.05) is 5.56 Å². The van der Waals surface area contributed by atoms with E-state index in [1.54, 1.807) is 37.3 Å². The molecule has 0 atom stereocenters. The summed E-state index contributed by atoms with van der Waals surface area (Å²) in [5.41, 5.74) is 2.61. The lowest BCUT2D eigenvalue weighted by Crippen LogP contribution is -2.27. The molecule has 2 aromatic carbocycles. The Bertz CT molecular complexity index is 952. The zero-order chi connectivity index (χ0) is 20.8. The number of carbonyl (C=O) groups excluding carboxylic acids is 3. The van der Waals surface area contributed by atoms with Crippen LogP contribution in [0.3, 0.4) is 0 Å². The summed E-state index contributed by atoms with van der Waals surface area (Å²) in [4.78, 5) is 38.2. The number of imide groups is 1. The number of rotatable bonds is 7. The van der Waals surface area contributed by atoms with E-state index >= 15 is 0 Å². The number of hydrogen-bond donors (Lipinski definition) is 0. The molecule has 0 spiro atoms. The third kappa shape index (κ3) is 5.26. The number of thioether (sulfide) groups is 1. The van der Waals surface area contributed by atoms with Crippen molar-refractivity contribution in [3.05, 3.63) is 70.1 Å². The van der Waals surface area contributed by atoms with Crippen LogP contribution < -0.4 is 4.74 Å². The van der Waals surface area contributed by atoms with Gasteiger partial charge in [0.25, 0.3) is 11.1 Å². The van der Waals surface area contributed by atoms with Gasteiger partial charge in [-0.15, -0.1) is 0 Å². The lowest BCUT2D eigenvalue weighted by Gasteiger charge is -2.12. The van der Waals surface area contributed by atoms with E-state index in [1.807, 2.05) is 31.2 Å². The Balaban J connectivity index is 1.75. The monoisotopic (exact) mass is 411 g/mol. The molecule has 1 fully saturated rings. The van der Waals surface area contributed by atoms with Gasteiger partial charge in [-0.05, 0) is 43.3 Å². The minimum absolute atomic E-state index is 0.225. The number of amides is 2. The van der Waals surface area contributed by atoms with Crippen LogP contribution in [-0.4, -0.2) is 35.2 Å². The fourth-order valence-corrected chi connectivity index (χ4v) is 3.55. The van der Waals surface area contributed by atoms with Gasteiger partial charge in [0.2, 0.25) is 0 Å². The summed E-state index contributed by atoms with van der Waals surface area (Å²) in [6.07, 6.45) is 1.61. The van der Waals surface area contributed by atoms with Crippen LogP contribution in [0.15, 0.2) is 53.4 Å².